The van der Waals surface area contributed by atoms with E-state index in [0.29, 0.717) is 25.1 Å². The number of amides is 2. The number of aliphatic hydroxyl groups excluding tert-OH is 1. The third-order valence-electron chi connectivity index (χ3n) is 5.07. The highest BCUT2D eigenvalue weighted by Crippen LogP contribution is 2.44. The molecule has 2 aromatic carbocycles. The van der Waals surface area contributed by atoms with Gasteiger partial charge in [-0.15, -0.1) is 0 Å². The molecule has 2 heterocycles. The summed E-state index contributed by atoms with van der Waals surface area (Å²) in [7, 11) is 0. The predicted molar refractivity (Wildman–Crippen MR) is 89.6 cm³/mol. The number of likely N-dealkylation sites (tertiary alicyclic amines) is 1. The summed E-state index contributed by atoms with van der Waals surface area (Å²) in [5.41, 5.74) is 2.56. The monoisotopic (exact) mass is 322 g/mol. The molecule has 4 rings (SSSR count). The van der Waals surface area contributed by atoms with Gasteiger partial charge in [0.1, 0.15) is 0 Å². The third kappa shape index (κ3) is 2.12. The molecule has 5 nitrogen and oxygen atoms in total. The van der Waals surface area contributed by atoms with E-state index >= 15 is 0 Å². The summed E-state index contributed by atoms with van der Waals surface area (Å²) in [5, 5.41) is 12.0. The number of para-hydroxylation sites is 1. The smallest absolute Gasteiger partial charge is 0.253 e. The van der Waals surface area contributed by atoms with Gasteiger partial charge < -0.3 is 15.3 Å². The molecular weight excluding hydrogens is 304 g/mol. The highest BCUT2D eigenvalue weighted by Gasteiger charge is 2.51. The average molecular weight is 322 g/mol. The molecule has 2 aliphatic heterocycles. The fourth-order valence-corrected chi connectivity index (χ4v) is 3.70. The number of fused-ring (bicyclic) bond motifs is 2. The summed E-state index contributed by atoms with van der Waals surface area (Å²) in [4.78, 5) is 27.0. The van der Waals surface area contributed by atoms with E-state index in [0.717, 1.165) is 16.8 Å². The van der Waals surface area contributed by atoms with Gasteiger partial charge in [-0.2, -0.15) is 0 Å². The fraction of sp³-hybridized carbons (Fsp3) is 0.263. The van der Waals surface area contributed by atoms with Gasteiger partial charge in [0.2, 0.25) is 5.91 Å². The summed E-state index contributed by atoms with van der Waals surface area (Å²) < 4.78 is 0. The first kappa shape index (κ1) is 14.9. The van der Waals surface area contributed by atoms with E-state index < -0.39 is 5.41 Å². The topological polar surface area (TPSA) is 69.6 Å². The van der Waals surface area contributed by atoms with Crippen molar-refractivity contribution >= 4 is 17.5 Å². The van der Waals surface area contributed by atoms with Crippen molar-refractivity contribution in [3.63, 3.8) is 0 Å². The Morgan fingerprint density at radius 3 is 2.67 bits per heavy atom. The number of carbonyl (C=O) groups is 2. The second-order valence-corrected chi connectivity index (χ2v) is 6.41. The molecule has 2 aliphatic rings. The van der Waals surface area contributed by atoms with E-state index in [1.807, 2.05) is 24.3 Å². The van der Waals surface area contributed by atoms with Crippen molar-refractivity contribution in [2.75, 3.05) is 18.4 Å². The Morgan fingerprint density at radius 1 is 1.17 bits per heavy atom. The molecular formula is C19H18N2O3. The number of anilines is 1. The minimum absolute atomic E-state index is 0.0189. The molecule has 0 bridgehead atoms. The second-order valence-electron chi connectivity index (χ2n) is 6.41. The van der Waals surface area contributed by atoms with Crippen LogP contribution in [0.5, 0.6) is 0 Å². The fourth-order valence-electron chi connectivity index (χ4n) is 3.70. The molecule has 1 unspecified atom stereocenters. The Balaban J connectivity index is 1.60. The average Bonchev–Trinajstić information content (AvgIpc) is 3.18. The van der Waals surface area contributed by atoms with Gasteiger partial charge in [0, 0.05) is 24.3 Å². The molecule has 2 aromatic rings. The van der Waals surface area contributed by atoms with Crippen LogP contribution in [0.15, 0.2) is 48.5 Å². The molecule has 1 atom stereocenters. The minimum atomic E-state index is -0.628. The van der Waals surface area contributed by atoms with Crippen LogP contribution in [0.3, 0.4) is 0 Å². The SMILES string of the molecule is O=C(c1ccc(CO)cc1)N1CCC2(C1)C(=O)Nc1ccccc12. The van der Waals surface area contributed by atoms with Crippen LogP contribution in [0.2, 0.25) is 0 Å². The van der Waals surface area contributed by atoms with Crippen LogP contribution in [0.1, 0.15) is 27.9 Å². The second kappa shape index (κ2) is 5.46. The number of hydrogen-bond acceptors (Lipinski definition) is 3. The molecule has 1 fully saturated rings. The Bertz CT molecular complexity index is 816. The van der Waals surface area contributed by atoms with Crippen LogP contribution in [-0.2, 0) is 16.8 Å². The van der Waals surface area contributed by atoms with Crippen LogP contribution in [-0.4, -0.2) is 34.9 Å². The summed E-state index contributed by atoms with van der Waals surface area (Å²) >= 11 is 0. The Hall–Kier alpha value is -2.66. The standard InChI is InChI=1S/C19H18N2O3/c22-11-13-5-7-14(8-6-13)17(23)21-10-9-19(12-21)15-3-1-2-4-16(15)20-18(19)24/h1-8,22H,9-12H2,(H,20,24). The number of nitrogens with zero attached hydrogens (tertiary/aromatic N) is 1. The van der Waals surface area contributed by atoms with Gasteiger partial charge in [0.05, 0.1) is 12.0 Å². The van der Waals surface area contributed by atoms with Crippen molar-refractivity contribution in [2.24, 2.45) is 0 Å². The zero-order valence-corrected chi connectivity index (χ0v) is 13.2. The van der Waals surface area contributed by atoms with Gasteiger partial charge in [-0.25, -0.2) is 0 Å². The normalized spacial score (nSPS) is 21.9. The summed E-state index contributed by atoms with van der Waals surface area (Å²) in [6, 6.07) is 14.6. The summed E-state index contributed by atoms with van der Waals surface area (Å²) in [6.07, 6.45) is 0.635. The van der Waals surface area contributed by atoms with E-state index in [9.17, 15) is 9.59 Å². The molecule has 1 spiro atoms. The number of benzene rings is 2. The van der Waals surface area contributed by atoms with Crippen LogP contribution >= 0.6 is 0 Å². The maximum absolute atomic E-state index is 12.7. The van der Waals surface area contributed by atoms with Crippen LogP contribution < -0.4 is 5.32 Å². The number of nitrogens with one attached hydrogen (secondary N) is 1. The minimum Gasteiger partial charge on any atom is -0.392 e. The molecule has 122 valence electrons. The van der Waals surface area contributed by atoms with Crippen molar-refractivity contribution in [3.05, 3.63) is 65.2 Å². The van der Waals surface area contributed by atoms with E-state index in [-0.39, 0.29) is 18.4 Å². The maximum atomic E-state index is 12.7. The zero-order chi connectivity index (χ0) is 16.7. The van der Waals surface area contributed by atoms with E-state index in [1.54, 1.807) is 29.2 Å². The molecule has 0 aliphatic carbocycles. The lowest BCUT2D eigenvalue weighted by Gasteiger charge is -2.22. The third-order valence-corrected chi connectivity index (χ3v) is 5.07. The van der Waals surface area contributed by atoms with Gasteiger partial charge in [-0.1, -0.05) is 30.3 Å². The highest BCUT2D eigenvalue weighted by atomic mass is 16.3. The van der Waals surface area contributed by atoms with Crippen molar-refractivity contribution in [1.29, 1.82) is 0 Å². The number of carbonyl (C=O) groups excluding carboxylic acids is 2. The van der Waals surface area contributed by atoms with Gasteiger partial charge in [-0.3, -0.25) is 9.59 Å². The van der Waals surface area contributed by atoms with E-state index in [4.69, 9.17) is 5.11 Å². The Morgan fingerprint density at radius 2 is 1.92 bits per heavy atom. The zero-order valence-electron chi connectivity index (χ0n) is 13.2. The molecule has 2 N–H and O–H groups in total. The lowest BCUT2D eigenvalue weighted by molar-refractivity contribution is -0.120. The molecule has 0 radical (unpaired) electrons. The van der Waals surface area contributed by atoms with E-state index in [1.165, 1.54) is 0 Å². The molecule has 24 heavy (non-hydrogen) atoms. The quantitative estimate of drug-likeness (QED) is 0.887. The van der Waals surface area contributed by atoms with Crippen LogP contribution in [0, 0.1) is 0 Å². The lowest BCUT2D eigenvalue weighted by Crippen LogP contribution is -2.39. The van der Waals surface area contributed by atoms with Crippen molar-refractivity contribution in [1.82, 2.24) is 4.90 Å². The van der Waals surface area contributed by atoms with Crippen molar-refractivity contribution in [3.8, 4) is 0 Å². The number of hydrogen-bond donors (Lipinski definition) is 2. The molecule has 0 saturated carbocycles. The predicted octanol–water partition coefficient (Wildman–Crippen LogP) is 1.91. The van der Waals surface area contributed by atoms with Gasteiger partial charge in [0.15, 0.2) is 0 Å². The van der Waals surface area contributed by atoms with Crippen molar-refractivity contribution in [2.45, 2.75) is 18.4 Å². The first-order valence-electron chi connectivity index (χ1n) is 8.04. The van der Waals surface area contributed by atoms with Crippen molar-refractivity contribution < 1.29 is 14.7 Å². The van der Waals surface area contributed by atoms with Gasteiger partial charge in [-0.05, 0) is 35.7 Å². The summed E-state index contributed by atoms with van der Waals surface area (Å²) in [6.45, 7) is 0.914. The first-order chi connectivity index (χ1) is 11.6. The van der Waals surface area contributed by atoms with Crippen LogP contribution in [0.4, 0.5) is 5.69 Å². The number of rotatable bonds is 2. The summed E-state index contributed by atoms with van der Waals surface area (Å²) in [5.74, 6) is -0.0943. The largest absolute Gasteiger partial charge is 0.392 e. The first-order valence-corrected chi connectivity index (χ1v) is 8.04. The lowest BCUT2D eigenvalue weighted by atomic mass is 9.81. The Kier molecular flexibility index (Phi) is 3.39. The molecule has 5 heteroatoms. The number of aliphatic hydroxyl groups is 1. The highest BCUT2D eigenvalue weighted by molar-refractivity contribution is 6.07. The van der Waals surface area contributed by atoms with Gasteiger partial charge in [0.25, 0.3) is 5.91 Å². The molecule has 1 saturated heterocycles. The molecule has 2 amide bonds. The maximum Gasteiger partial charge on any atom is 0.253 e. The Labute approximate surface area is 139 Å². The van der Waals surface area contributed by atoms with E-state index in [2.05, 4.69) is 5.32 Å². The van der Waals surface area contributed by atoms with Gasteiger partial charge >= 0.3 is 0 Å². The van der Waals surface area contributed by atoms with Crippen LogP contribution in [0.25, 0.3) is 0 Å². The molecule has 0 aromatic heterocycles.